The van der Waals surface area contributed by atoms with Crippen LogP contribution < -0.4 is 5.73 Å². The molecule has 0 radical (unpaired) electrons. The molecule has 0 aliphatic carbocycles. The quantitative estimate of drug-likeness (QED) is 0.825. The molecule has 2 heterocycles. The Balaban J connectivity index is 1.66. The Kier molecular flexibility index (Phi) is 5.75. The number of piperidine rings is 1. The van der Waals surface area contributed by atoms with Crippen molar-refractivity contribution in [3.63, 3.8) is 0 Å². The van der Waals surface area contributed by atoms with Crippen LogP contribution in [-0.2, 0) is 17.8 Å². The van der Waals surface area contributed by atoms with Crippen LogP contribution in [0.3, 0.4) is 0 Å². The van der Waals surface area contributed by atoms with Crippen molar-refractivity contribution >= 4 is 5.91 Å². The van der Waals surface area contributed by atoms with Gasteiger partial charge < -0.3 is 5.73 Å². The molecule has 0 spiro atoms. The van der Waals surface area contributed by atoms with Crippen LogP contribution in [0.5, 0.6) is 0 Å². The van der Waals surface area contributed by atoms with E-state index in [-0.39, 0.29) is 17.9 Å². The molecule has 1 aliphatic rings. The van der Waals surface area contributed by atoms with E-state index in [1.807, 2.05) is 22.9 Å². The average Bonchev–Trinajstić information content (AvgIpc) is 3.10. The monoisotopic (exact) mass is 342 g/mol. The summed E-state index contributed by atoms with van der Waals surface area (Å²) in [6.07, 6.45) is 3.47. The van der Waals surface area contributed by atoms with E-state index >= 15 is 0 Å². The largest absolute Gasteiger partial charge is 0.369 e. The molecule has 1 atom stereocenters. The first-order chi connectivity index (χ1) is 12.2. The zero-order chi connectivity index (χ0) is 17.6. The van der Waals surface area contributed by atoms with Gasteiger partial charge >= 0.3 is 0 Å². The van der Waals surface area contributed by atoms with Crippen molar-refractivity contribution in [2.45, 2.75) is 45.2 Å². The minimum atomic E-state index is -0.180. The predicted octanol–water partition coefficient (Wildman–Crippen LogP) is 1.56. The number of amides is 1. The molecule has 25 heavy (non-hydrogen) atoms. The van der Waals surface area contributed by atoms with Gasteiger partial charge in [0.25, 0.3) is 0 Å². The highest BCUT2D eigenvalue weighted by Gasteiger charge is 2.30. The van der Waals surface area contributed by atoms with E-state index in [2.05, 4.69) is 39.5 Å². The van der Waals surface area contributed by atoms with Gasteiger partial charge in [0.05, 0.1) is 6.04 Å². The Morgan fingerprint density at radius 1 is 1.28 bits per heavy atom. The summed E-state index contributed by atoms with van der Waals surface area (Å²) < 4.78 is 1.92. The molecule has 1 saturated heterocycles. The van der Waals surface area contributed by atoms with Gasteiger partial charge in [-0.3, -0.25) is 9.69 Å². The van der Waals surface area contributed by atoms with Crippen LogP contribution in [0.4, 0.5) is 0 Å². The van der Waals surface area contributed by atoms with Gasteiger partial charge in [0, 0.05) is 12.5 Å². The van der Waals surface area contributed by atoms with Crippen molar-refractivity contribution in [3.05, 3.63) is 41.7 Å². The first-order valence-corrected chi connectivity index (χ1v) is 9.02. The number of carbonyl (C=O) groups excluding carboxylic acids is 1. The summed E-state index contributed by atoms with van der Waals surface area (Å²) >= 11 is 0. The fraction of sp³-hybridized carbons (Fsp3) is 0.556. The van der Waals surface area contributed by atoms with Crippen molar-refractivity contribution < 1.29 is 4.79 Å². The molecule has 1 aromatic carbocycles. The number of likely N-dealkylation sites (tertiary alicyclic amines) is 1. The molecule has 7 nitrogen and oxygen atoms in total. The van der Waals surface area contributed by atoms with Crippen molar-refractivity contribution in [3.8, 4) is 0 Å². The van der Waals surface area contributed by atoms with Crippen LogP contribution in [0.1, 0.15) is 43.6 Å². The smallest absolute Gasteiger partial charge is 0.220 e. The number of aromatic nitrogens is 4. The molecule has 3 rings (SSSR count). The summed E-state index contributed by atoms with van der Waals surface area (Å²) in [4.78, 5) is 13.7. The second-order valence-corrected chi connectivity index (χ2v) is 6.63. The Morgan fingerprint density at radius 3 is 2.64 bits per heavy atom. The maximum Gasteiger partial charge on any atom is 0.220 e. The van der Waals surface area contributed by atoms with E-state index in [9.17, 15) is 4.79 Å². The minimum absolute atomic E-state index is 0.00262. The molecular weight excluding hydrogens is 316 g/mol. The van der Waals surface area contributed by atoms with E-state index in [1.54, 1.807) is 0 Å². The van der Waals surface area contributed by atoms with Gasteiger partial charge in [0.1, 0.15) is 0 Å². The van der Waals surface area contributed by atoms with Gasteiger partial charge in [-0.05, 0) is 54.8 Å². The highest BCUT2D eigenvalue weighted by Crippen LogP contribution is 2.27. The van der Waals surface area contributed by atoms with Crippen molar-refractivity contribution in [1.82, 2.24) is 25.1 Å². The number of nitrogens with two attached hydrogens (primary N) is 1. The van der Waals surface area contributed by atoms with Crippen molar-refractivity contribution in [2.24, 2.45) is 11.7 Å². The number of carbonyl (C=O) groups is 1. The van der Waals surface area contributed by atoms with E-state index in [0.29, 0.717) is 0 Å². The average molecular weight is 342 g/mol. The molecule has 134 valence electrons. The number of benzene rings is 1. The first-order valence-electron chi connectivity index (χ1n) is 9.02. The van der Waals surface area contributed by atoms with Crippen LogP contribution in [0.25, 0.3) is 0 Å². The Labute approximate surface area is 148 Å². The molecule has 7 heteroatoms. The summed E-state index contributed by atoms with van der Waals surface area (Å²) in [7, 11) is 0. The number of aryl methyl sites for hydroxylation is 2. The highest BCUT2D eigenvalue weighted by atomic mass is 16.1. The lowest BCUT2D eigenvalue weighted by atomic mass is 9.94. The molecule has 2 aromatic rings. The standard InChI is InChI=1S/C18H26N6O/c1-2-16(23-11-9-15(10-12-23)17(19)25)18-20-21-22-24(18)13-8-14-6-4-3-5-7-14/h3-7,15-16H,2,8-13H2,1H3,(H2,19,25). The first kappa shape index (κ1) is 17.5. The second kappa shape index (κ2) is 8.20. The van der Waals surface area contributed by atoms with Gasteiger partial charge in [0.2, 0.25) is 5.91 Å². The van der Waals surface area contributed by atoms with Crippen LogP contribution in [0.15, 0.2) is 30.3 Å². The Hall–Kier alpha value is -2.28. The lowest BCUT2D eigenvalue weighted by molar-refractivity contribution is -0.123. The van der Waals surface area contributed by atoms with Gasteiger partial charge in [-0.1, -0.05) is 37.3 Å². The Bertz CT molecular complexity index is 678. The zero-order valence-corrected chi connectivity index (χ0v) is 14.7. The van der Waals surface area contributed by atoms with Crippen molar-refractivity contribution in [2.75, 3.05) is 13.1 Å². The molecule has 0 bridgehead atoms. The molecule has 1 aliphatic heterocycles. The summed E-state index contributed by atoms with van der Waals surface area (Å²) in [6.45, 7) is 4.64. The van der Waals surface area contributed by atoms with Crippen molar-refractivity contribution in [1.29, 1.82) is 0 Å². The number of hydrogen-bond donors (Lipinski definition) is 1. The maximum atomic E-state index is 11.4. The Morgan fingerprint density at radius 2 is 2.00 bits per heavy atom. The van der Waals surface area contributed by atoms with E-state index in [4.69, 9.17) is 5.73 Å². The molecule has 1 amide bonds. The summed E-state index contributed by atoms with van der Waals surface area (Å²) in [5, 5.41) is 12.4. The fourth-order valence-corrected chi connectivity index (χ4v) is 3.59. The lowest BCUT2D eigenvalue weighted by Crippen LogP contribution is -2.41. The van der Waals surface area contributed by atoms with Crippen LogP contribution in [0.2, 0.25) is 0 Å². The number of tetrazole rings is 1. The molecule has 0 saturated carbocycles. The number of primary amides is 1. The van der Waals surface area contributed by atoms with Gasteiger partial charge in [-0.2, -0.15) is 0 Å². The summed E-state index contributed by atoms with van der Waals surface area (Å²) in [6, 6.07) is 10.5. The summed E-state index contributed by atoms with van der Waals surface area (Å²) in [5.41, 5.74) is 6.72. The van der Waals surface area contributed by atoms with Gasteiger partial charge in [0.15, 0.2) is 5.82 Å². The van der Waals surface area contributed by atoms with Gasteiger partial charge in [-0.15, -0.1) is 5.10 Å². The molecular formula is C18H26N6O. The SMILES string of the molecule is CCC(c1nnnn1CCc1ccccc1)N1CCC(C(N)=O)CC1. The topological polar surface area (TPSA) is 89.9 Å². The second-order valence-electron chi connectivity index (χ2n) is 6.63. The minimum Gasteiger partial charge on any atom is -0.369 e. The molecule has 2 N–H and O–H groups in total. The molecule has 1 unspecified atom stereocenters. The summed E-state index contributed by atoms with van der Waals surface area (Å²) in [5.74, 6) is 0.735. The van der Waals surface area contributed by atoms with Crippen LogP contribution in [-0.4, -0.2) is 44.1 Å². The van der Waals surface area contributed by atoms with Crippen LogP contribution in [0, 0.1) is 5.92 Å². The normalized spacial score (nSPS) is 17.5. The fourth-order valence-electron chi connectivity index (χ4n) is 3.59. The van der Waals surface area contributed by atoms with Gasteiger partial charge in [-0.25, -0.2) is 4.68 Å². The van der Waals surface area contributed by atoms with Crippen LogP contribution >= 0.6 is 0 Å². The molecule has 1 aromatic heterocycles. The van der Waals surface area contributed by atoms with E-state index in [1.165, 1.54) is 5.56 Å². The maximum absolute atomic E-state index is 11.4. The van der Waals surface area contributed by atoms with E-state index < -0.39 is 0 Å². The highest BCUT2D eigenvalue weighted by molar-refractivity contribution is 5.76. The number of nitrogens with zero attached hydrogens (tertiary/aromatic N) is 5. The van der Waals surface area contributed by atoms with E-state index in [0.717, 1.165) is 51.1 Å². The third kappa shape index (κ3) is 4.22. The third-order valence-electron chi connectivity index (χ3n) is 5.07. The zero-order valence-electron chi connectivity index (χ0n) is 14.7. The number of hydrogen-bond acceptors (Lipinski definition) is 5. The molecule has 1 fully saturated rings. The predicted molar refractivity (Wildman–Crippen MR) is 94.5 cm³/mol. The third-order valence-corrected chi connectivity index (χ3v) is 5.07. The number of rotatable bonds is 7. The lowest BCUT2D eigenvalue weighted by Gasteiger charge is -2.35.